The third-order valence-corrected chi connectivity index (χ3v) is 8.70. The molecule has 0 fully saturated rings. The molecule has 0 saturated heterocycles. The molecule has 5 nitrogen and oxygen atoms in total. The number of hydrogen-bond acceptors (Lipinski definition) is 5. The highest BCUT2D eigenvalue weighted by molar-refractivity contribution is 5.33. The van der Waals surface area contributed by atoms with Gasteiger partial charge in [0.2, 0.25) is 0 Å². The van der Waals surface area contributed by atoms with E-state index >= 15 is 0 Å². The van der Waals surface area contributed by atoms with E-state index in [1.54, 1.807) is 0 Å². The van der Waals surface area contributed by atoms with E-state index < -0.39 is 24.0 Å². The van der Waals surface area contributed by atoms with Crippen molar-refractivity contribution in [3.8, 4) is 0 Å². The molecule has 0 N–H and O–H groups in total. The van der Waals surface area contributed by atoms with Crippen LogP contribution in [0, 0.1) is 0 Å². The van der Waals surface area contributed by atoms with Gasteiger partial charge in [-0.1, -0.05) is 182 Å². The third kappa shape index (κ3) is 7.42. The second-order valence-corrected chi connectivity index (χ2v) is 12.4. The zero-order chi connectivity index (χ0) is 34.1. The zero-order valence-electron chi connectivity index (χ0n) is 28.6. The summed E-state index contributed by atoms with van der Waals surface area (Å²) in [5, 5.41) is 0. The molecule has 0 radical (unpaired) electrons. The van der Waals surface area contributed by atoms with Gasteiger partial charge in [0.15, 0.2) is 0 Å². The molecule has 0 amide bonds. The van der Waals surface area contributed by atoms with Crippen LogP contribution in [0.3, 0.4) is 0 Å². The molecule has 5 heteroatoms. The lowest BCUT2D eigenvalue weighted by molar-refractivity contribution is -0.461. The zero-order valence-corrected chi connectivity index (χ0v) is 28.6. The number of hydrogen-bond donors (Lipinski definition) is 0. The molecule has 6 rings (SSSR count). The minimum Gasteiger partial charge on any atom is -0.320 e. The number of rotatable bonds is 14. The van der Waals surface area contributed by atoms with E-state index in [4.69, 9.17) is 14.2 Å². The van der Waals surface area contributed by atoms with Gasteiger partial charge in [-0.25, -0.2) is 0 Å². The lowest BCUT2D eigenvalue weighted by Gasteiger charge is -2.50. The van der Waals surface area contributed by atoms with Crippen molar-refractivity contribution in [2.75, 3.05) is 28.2 Å². The molecule has 0 aromatic heterocycles. The molecule has 2 unspecified atom stereocenters. The largest absolute Gasteiger partial charge is 0.320 e. The van der Waals surface area contributed by atoms with Crippen LogP contribution in [-0.4, -0.2) is 38.0 Å². The van der Waals surface area contributed by atoms with Gasteiger partial charge in [0, 0.05) is 11.1 Å². The van der Waals surface area contributed by atoms with Gasteiger partial charge in [-0.15, -0.1) is 0 Å². The van der Waals surface area contributed by atoms with E-state index in [1.165, 1.54) is 0 Å². The Morgan fingerprint density at radius 1 is 0.347 bits per heavy atom. The first-order valence-corrected chi connectivity index (χ1v) is 16.6. The third-order valence-electron chi connectivity index (χ3n) is 8.70. The summed E-state index contributed by atoms with van der Waals surface area (Å²) in [6, 6.07) is 61.4. The van der Waals surface area contributed by atoms with Gasteiger partial charge in [-0.2, -0.15) is 0 Å². The van der Waals surface area contributed by atoms with Crippen LogP contribution in [0.25, 0.3) is 0 Å². The molecule has 6 aromatic rings. The van der Waals surface area contributed by atoms with Crippen LogP contribution in [0.1, 0.15) is 45.6 Å². The Kier molecular flexibility index (Phi) is 10.8. The van der Waals surface area contributed by atoms with Gasteiger partial charge in [-0.05, 0) is 50.4 Å². The van der Waals surface area contributed by atoms with Crippen molar-refractivity contribution in [1.82, 2.24) is 9.80 Å². The van der Waals surface area contributed by atoms with Gasteiger partial charge >= 0.3 is 0 Å². The lowest BCUT2D eigenvalue weighted by Crippen LogP contribution is -2.58. The maximum atomic E-state index is 7.68. The number of nitrogens with zero attached hydrogens (tertiary/aromatic N) is 2. The van der Waals surface area contributed by atoms with Crippen molar-refractivity contribution < 1.29 is 14.2 Å². The van der Waals surface area contributed by atoms with Gasteiger partial charge in [-0.3, -0.25) is 14.5 Å². The first-order valence-electron chi connectivity index (χ1n) is 16.6. The minimum atomic E-state index is -1.46. The van der Waals surface area contributed by atoms with Crippen molar-refractivity contribution in [3.05, 3.63) is 215 Å². The molecule has 0 heterocycles. The molecule has 0 spiro atoms. The van der Waals surface area contributed by atoms with Crippen LogP contribution < -0.4 is 0 Å². The van der Waals surface area contributed by atoms with Crippen LogP contribution in [0.5, 0.6) is 0 Å². The highest BCUT2D eigenvalue weighted by Crippen LogP contribution is 2.47. The SMILES string of the molecule is CN(C)C(OC(c1ccccc1)c1ccccc1)(OC(OC(c1ccccc1)c1ccccc1)(c1ccccc1)N(C)C)c1ccccc1. The van der Waals surface area contributed by atoms with Gasteiger partial charge < -0.3 is 9.47 Å². The summed E-state index contributed by atoms with van der Waals surface area (Å²) >= 11 is 0. The molecule has 0 saturated carbocycles. The minimum absolute atomic E-state index is 0.486. The van der Waals surface area contributed by atoms with E-state index in [-0.39, 0.29) is 0 Å². The van der Waals surface area contributed by atoms with Crippen LogP contribution >= 0.6 is 0 Å². The fraction of sp³-hybridized carbons (Fsp3) is 0.182. The quantitative estimate of drug-likeness (QED) is 0.110. The lowest BCUT2D eigenvalue weighted by atomic mass is 10.00. The van der Waals surface area contributed by atoms with Crippen molar-refractivity contribution in [3.63, 3.8) is 0 Å². The Morgan fingerprint density at radius 2 is 0.571 bits per heavy atom. The van der Waals surface area contributed by atoms with Crippen molar-refractivity contribution >= 4 is 0 Å². The Hall–Kier alpha value is -4.88. The maximum absolute atomic E-state index is 7.68. The Balaban J connectivity index is 1.59. The maximum Gasteiger partial charge on any atom is 0.262 e. The molecule has 248 valence electrons. The van der Waals surface area contributed by atoms with Crippen LogP contribution in [0.2, 0.25) is 0 Å². The Morgan fingerprint density at radius 3 is 0.796 bits per heavy atom. The summed E-state index contributed by atoms with van der Waals surface area (Å²) in [5.41, 5.74) is 5.64. The Labute approximate surface area is 290 Å². The Bertz CT molecular complexity index is 1620. The predicted molar refractivity (Wildman–Crippen MR) is 196 cm³/mol. The summed E-state index contributed by atoms with van der Waals surface area (Å²) in [5.74, 6) is -2.93. The van der Waals surface area contributed by atoms with E-state index in [1.807, 2.05) is 171 Å². The van der Waals surface area contributed by atoms with Crippen molar-refractivity contribution in [2.45, 2.75) is 24.0 Å². The standard InChI is InChI=1S/C44H44N2O3/c1-45(2)43(39-31-19-9-20-32-39,47-41(35-23-11-5-12-24-35)36-25-13-6-14-26-36)49-44(46(3)4,40-33-21-10-22-34-40)48-42(37-27-15-7-16-28-37)38-29-17-8-18-30-38/h5-34,41-42H,1-4H3. The van der Waals surface area contributed by atoms with Crippen molar-refractivity contribution in [2.24, 2.45) is 0 Å². The average Bonchev–Trinajstić information content (AvgIpc) is 3.16. The van der Waals surface area contributed by atoms with E-state index in [0.717, 1.165) is 33.4 Å². The highest BCUT2D eigenvalue weighted by atomic mass is 16.8. The first kappa shape index (κ1) is 34.0. The molecular weight excluding hydrogens is 604 g/mol. The topological polar surface area (TPSA) is 34.2 Å². The summed E-state index contributed by atoms with van der Waals surface area (Å²) < 4.78 is 22.6. The smallest absolute Gasteiger partial charge is 0.262 e. The molecular formula is C44H44N2O3. The molecule has 0 bridgehead atoms. The van der Waals surface area contributed by atoms with E-state index in [2.05, 4.69) is 48.5 Å². The average molecular weight is 649 g/mol. The monoisotopic (exact) mass is 648 g/mol. The van der Waals surface area contributed by atoms with Crippen LogP contribution in [0.15, 0.2) is 182 Å². The summed E-state index contributed by atoms with van der Waals surface area (Å²) in [6.45, 7) is 0. The second kappa shape index (κ2) is 15.6. The molecule has 49 heavy (non-hydrogen) atoms. The number of ether oxygens (including phenoxy) is 3. The molecule has 2 atom stereocenters. The van der Waals surface area contributed by atoms with E-state index in [0.29, 0.717) is 0 Å². The second-order valence-electron chi connectivity index (χ2n) is 12.4. The van der Waals surface area contributed by atoms with Gasteiger partial charge in [0.25, 0.3) is 11.8 Å². The fourth-order valence-electron chi connectivity index (χ4n) is 6.18. The molecule has 6 aromatic carbocycles. The van der Waals surface area contributed by atoms with Crippen LogP contribution in [-0.2, 0) is 26.0 Å². The highest BCUT2D eigenvalue weighted by Gasteiger charge is 2.52. The molecule has 0 aliphatic heterocycles. The summed E-state index contributed by atoms with van der Waals surface area (Å²) in [6.07, 6.45) is -0.973. The predicted octanol–water partition coefficient (Wildman–Crippen LogP) is 9.36. The van der Waals surface area contributed by atoms with Gasteiger partial charge in [0.05, 0.1) is 0 Å². The van der Waals surface area contributed by atoms with Crippen molar-refractivity contribution in [1.29, 1.82) is 0 Å². The van der Waals surface area contributed by atoms with E-state index in [9.17, 15) is 0 Å². The normalized spacial score (nSPS) is 14.2. The molecule has 0 aliphatic carbocycles. The summed E-state index contributed by atoms with van der Waals surface area (Å²) in [7, 11) is 7.93. The molecule has 0 aliphatic rings. The fourth-order valence-corrected chi connectivity index (χ4v) is 6.18. The number of benzene rings is 6. The first-order chi connectivity index (χ1) is 23.9. The van der Waals surface area contributed by atoms with Crippen LogP contribution in [0.4, 0.5) is 0 Å². The summed E-state index contributed by atoms with van der Waals surface area (Å²) in [4.78, 5) is 3.98. The van der Waals surface area contributed by atoms with Gasteiger partial charge in [0.1, 0.15) is 12.2 Å².